The smallest absolute Gasteiger partial charge is 0.0105 e. The lowest BCUT2D eigenvalue weighted by molar-refractivity contribution is 0.498. The Kier molecular flexibility index (Phi) is 9.92. The van der Waals surface area contributed by atoms with Crippen LogP contribution in [0.5, 0.6) is 0 Å². The third kappa shape index (κ3) is 6.73. The van der Waals surface area contributed by atoms with Gasteiger partial charge in [-0.1, -0.05) is 149 Å². The first kappa shape index (κ1) is 26.8. The van der Waals surface area contributed by atoms with Crippen LogP contribution in [-0.2, 0) is 0 Å². The molecule has 4 aromatic rings. The zero-order valence-electron chi connectivity index (χ0n) is 22.2. The van der Waals surface area contributed by atoms with Crippen molar-refractivity contribution in [3.05, 3.63) is 121 Å². The van der Waals surface area contributed by atoms with Crippen LogP contribution in [0.3, 0.4) is 0 Å². The fourth-order valence-corrected chi connectivity index (χ4v) is 11.4. The molecule has 0 radical (unpaired) electrons. The van der Waals surface area contributed by atoms with Crippen molar-refractivity contribution in [1.29, 1.82) is 0 Å². The van der Waals surface area contributed by atoms with Crippen LogP contribution in [0.15, 0.2) is 121 Å². The highest BCUT2D eigenvalue weighted by Crippen LogP contribution is 2.49. The van der Waals surface area contributed by atoms with Gasteiger partial charge < -0.3 is 0 Å². The highest BCUT2D eigenvalue weighted by atomic mass is 31.1. The SMILES string of the molecule is CC(C)[C@@H](CC[C@H](C(C)C)P(c1ccccc1)c1ccccc1)P(c1ccccc1)c1ccccc1. The summed E-state index contributed by atoms with van der Waals surface area (Å²) in [6, 6.07) is 45.1. The normalized spacial score (nSPS) is 13.4. The Labute approximate surface area is 221 Å². The van der Waals surface area contributed by atoms with Crippen molar-refractivity contribution in [2.75, 3.05) is 0 Å². The van der Waals surface area contributed by atoms with Crippen LogP contribution in [0.2, 0.25) is 0 Å². The second kappa shape index (κ2) is 13.3. The van der Waals surface area contributed by atoms with Crippen LogP contribution in [0.4, 0.5) is 0 Å². The van der Waals surface area contributed by atoms with E-state index in [4.69, 9.17) is 0 Å². The average molecular weight is 511 g/mol. The Balaban J connectivity index is 1.68. The number of benzene rings is 4. The Hall–Kier alpha value is -2.26. The zero-order valence-corrected chi connectivity index (χ0v) is 24.0. The third-order valence-electron chi connectivity index (χ3n) is 7.10. The molecule has 0 unspecified atom stereocenters. The van der Waals surface area contributed by atoms with Gasteiger partial charge in [0.05, 0.1) is 0 Å². The maximum absolute atomic E-state index is 2.44. The molecule has 4 aromatic carbocycles. The van der Waals surface area contributed by atoms with E-state index >= 15 is 0 Å². The van der Waals surface area contributed by atoms with Gasteiger partial charge in [0.1, 0.15) is 0 Å². The monoisotopic (exact) mass is 510 g/mol. The van der Waals surface area contributed by atoms with E-state index in [1.54, 1.807) is 0 Å². The maximum Gasteiger partial charge on any atom is -0.0105 e. The van der Waals surface area contributed by atoms with Gasteiger partial charge in [-0.3, -0.25) is 0 Å². The van der Waals surface area contributed by atoms with Crippen molar-refractivity contribution in [3.63, 3.8) is 0 Å². The first-order valence-corrected chi connectivity index (χ1v) is 16.2. The van der Waals surface area contributed by atoms with Gasteiger partial charge in [0.15, 0.2) is 0 Å². The van der Waals surface area contributed by atoms with Gasteiger partial charge in [-0.15, -0.1) is 0 Å². The van der Waals surface area contributed by atoms with Crippen molar-refractivity contribution < 1.29 is 0 Å². The molecule has 2 atom stereocenters. The number of rotatable bonds is 11. The Bertz CT molecular complexity index is 967. The molecule has 0 aliphatic rings. The Morgan fingerprint density at radius 2 is 0.611 bits per heavy atom. The molecule has 186 valence electrons. The Morgan fingerprint density at radius 1 is 0.389 bits per heavy atom. The zero-order chi connectivity index (χ0) is 25.3. The van der Waals surface area contributed by atoms with Crippen LogP contribution in [0.1, 0.15) is 40.5 Å². The molecule has 0 aliphatic carbocycles. The second-order valence-electron chi connectivity index (χ2n) is 10.3. The molecule has 0 bridgehead atoms. The molecule has 0 fully saturated rings. The summed E-state index contributed by atoms with van der Waals surface area (Å²) in [5.41, 5.74) is 1.30. The molecule has 0 amide bonds. The molecule has 0 saturated carbocycles. The van der Waals surface area contributed by atoms with E-state index in [0.29, 0.717) is 23.2 Å². The van der Waals surface area contributed by atoms with E-state index < -0.39 is 15.8 Å². The summed E-state index contributed by atoms with van der Waals surface area (Å²) in [5.74, 6) is 1.26. The Morgan fingerprint density at radius 3 is 0.806 bits per heavy atom. The summed E-state index contributed by atoms with van der Waals surface area (Å²) in [4.78, 5) is 0. The maximum atomic E-state index is 2.44. The van der Waals surface area contributed by atoms with Crippen LogP contribution in [0.25, 0.3) is 0 Å². The molecule has 2 heteroatoms. The summed E-state index contributed by atoms with van der Waals surface area (Å²) in [6.45, 7) is 9.75. The van der Waals surface area contributed by atoms with Gasteiger partial charge in [0, 0.05) is 0 Å². The number of hydrogen-bond acceptors (Lipinski definition) is 0. The molecule has 0 N–H and O–H groups in total. The standard InChI is InChI=1S/C34H40P2/c1-27(2)33(35(29-17-9-5-10-18-29)30-19-11-6-12-20-30)25-26-34(28(3)4)36(31-21-13-7-14-22-31)32-23-15-8-16-24-32/h5-24,27-28,33-34H,25-26H2,1-4H3/t33-,34-/m1/s1. The first-order chi connectivity index (χ1) is 17.6. The molecular formula is C34H40P2. The van der Waals surface area contributed by atoms with E-state index in [1.165, 1.54) is 34.1 Å². The molecule has 4 rings (SSSR count). The lowest BCUT2D eigenvalue weighted by atomic mass is 10.00. The van der Waals surface area contributed by atoms with E-state index in [-0.39, 0.29) is 0 Å². The predicted octanol–water partition coefficient (Wildman–Crippen LogP) is 8.08. The summed E-state index contributed by atoms with van der Waals surface area (Å²) in [6.07, 6.45) is 2.52. The topological polar surface area (TPSA) is 0 Å². The van der Waals surface area contributed by atoms with Gasteiger partial charge in [-0.25, -0.2) is 0 Å². The van der Waals surface area contributed by atoms with E-state index in [0.717, 1.165) is 0 Å². The molecular weight excluding hydrogens is 470 g/mol. The van der Waals surface area contributed by atoms with Gasteiger partial charge in [0.25, 0.3) is 0 Å². The van der Waals surface area contributed by atoms with Gasteiger partial charge in [-0.05, 0) is 73.1 Å². The van der Waals surface area contributed by atoms with Crippen LogP contribution in [0, 0.1) is 11.8 Å². The van der Waals surface area contributed by atoms with Crippen LogP contribution in [-0.4, -0.2) is 11.3 Å². The second-order valence-corrected chi connectivity index (χ2v) is 15.2. The molecule has 0 aromatic heterocycles. The fraction of sp³-hybridized carbons (Fsp3) is 0.294. The summed E-state index contributed by atoms with van der Waals surface area (Å²) in [5, 5.41) is 6.03. The molecule has 0 heterocycles. The van der Waals surface area contributed by atoms with Crippen LogP contribution < -0.4 is 21.2 Å². The van der Waals surface area contributed by atoms with Gasteiger partial charge in [0.2, 0.25) is 0 Å². The quantitative estimate of drug-likeness (QED) is 0.179. The van der Waals surface area contributed by atoms with Crippen molar-refractivity contribution in [2.24, 2.45) is 11.8 Å². The molecule has 0 nitrogen and oxygen atoms in total. The lowest BCUT2D eigenvalue weighted by Gasteiger charge is -2.36. The molecule has 36 heavy (non-hydrogen) atoms. The predicted molar refractivity (Wildman–Crippen MR) is 165 cm³/mol. The summed E-state index contributed by atoms with van der Waals surface area (Å²) in [7, 11) is -0.849. The molecule has 0 spiro atoms. The summed E-state index contributed by atoms with van der Waals surface area (Å²) >= 11 is 0. The molecule has 0 aliphatic heterocycles. The van der Waals surface area contributed by atoms with E-state index in [1.807, 2.05) is 0 Å². The lowest BCUT2D eigenvalue weighted by Crippen LogP contribution is -2.30. The van der Waals surface area contributed by atoms with Gasteiger partial charge in [-0.2, -0.15) is 0 Å². The van der Waals surface area contributed by atoms with Crippen molar-refractivity contribution in [1.82, 2.24) is 0 Å². The fourth-order valence-electron chi connectivity index (χ4n) is 5.28. The van der Waals surface area contributed by atoms with Crippen molar-refractivity contribution in [3.8, 4) is 0 Å². The van der Waals surface area contributed by atoms with E-state index in [2.05, 4.69) is 149 Å². The summed E-state index contributed by atoms with van der Waals surface area (Å²) < 4.78 is 0. The van der Waals surface area contributed by atoms with Crippen LogP contribution >= 0.6 is 15.8 Å². The first-order valence-electron chi connectivity index (χ1n) is 13.3. The van der Waals surface area contributed by atoms with E-state index in [9.17, 15) is 0 Å². The minimum absolute atomic E-state index is 0.424. The van der Waals surface area contributed by atoms with Crippen molar-refractivity contribution in [2.45, 2.75) is 51.9 Å². The average Bonchev–Trinajstić information content (AvgIpc) is 2.92. The molecule has 0 saturated heterocycles. The minimum atomic E-state index is -0.424. The van der Waals surface area contributed by atoms with Gasteiger partial charge >= 0.3 is 0 Å². The highest BCUT2D eigenvalue weighted by molar-refractivity contribution is 7.74. The van der Waals surface area contributed by atoms with Crippen molar-refractivity contribution >= 4 is 37.1 Å². The number of hydrogen-bond donors (Lipinski definition) is 0. The third-order valence-corrected chi connectivity index (χ3v) is 13.6. The largest absolute Gasteiger partial charge is 0.0622 e. The minimum Gasteiger partial charge on any atom is -0.0622 e. The highest BCUT2D eigenvalue weighted by Gasteiger charge is 2.32.